The van der Waals surface area contributed by atoms with Gasteiger partial charge in [-0.05, 0) is 102 Å². The highest BCUT2D eigenvalue weighted by atomic mass is 19.4. The van der Waals surface area contributed by atoms with Gasteiger partial charge < -0.3 is 40.2 Å². The van der Waals surface area contributed by atoms with Gasteiger partial charge in [-0.15, -0.1) is 5.10 Å². The van der Waals surface area contributed by atoms with Crippen LogP contribution >= 0.6 is 0 Å². The number of carbonyl (C=O) groups is 4. The predicted molar refractivity (Wildman–Crippen MR) is 279 cm³/mol. The first-order valence-corrected chi connectivity index (χ1v) is 26.9. The third kappa shape index (κ3) is 12.7. The summed E-state index contributed by atoms with van der Waals surface area (Å²) in [6, 6.07) is 5.03. The van der Waals surface area contributed by atoms with Crippen LogP contribution in [0, 0.1) is 40.2 Å². The number of anilines is 1. The first-order valence-electron chi connectivity index (χ1n) is 26.9. The van der Waals surface area contributed by atoms with E-state index < -0.39 is 108 Å². The van der Waals surface area contributed by atoms with Crippen LogP contribution in [-0.4, -0.2) is 166 Å². The number of hydrazine groups is 1. The molecule has 4 bridgehead atoms. The van der Waals surface area contributed by atoms with Crippen molar-refractivity contribution in [1.29, 1.82) is 0 Å². The molecule has 6 atom stereocenters. The van der Waals surface area contributed by atoms with E-state index in [2.05, 4.69) is 57.4 Å². The van der Waals surface area contributed by atoms with Crippen molar-refractivity contribution in [1.82, 2.24) is 56.2 Å². The van der Waals surface area contributed by atoms with E-state index >= 15 is 8.78 Å². The molecule has 3 aliphatic heterocycles. The number of alkyl halides is 6. The van der Waals surface area contributed by atoms with E-state index in [1.165, 1.54) is 12.1 Å². The maximum absolute atomic E-state index is 16.3. The minimum Gasteiger partial charge on any atom is -0.453 e. The molecule has 0 unspecified atom stereocenters. The number of benzene rings is 2. The van der Waals surface area contributed by atoms with Crippen LogP contribution < -0.4 is 26.3 Å². The Labute approximate surface area is 472 Å². The minimum absolute atomic E-state index is 0.0467. The monoisotopic (exact) mass is 1170 g/mol. The van der Waals surface area contributed by atoms with Crippen molar-refractivity contribution >= 4 is 29.9 Å². The lowest BCUT2D eigenvalue weighted by Crippen LogP contribution is -2.62. The minimum atomic E-state index is -5.22. The van der Waals surface area contributed by atoms with E-state index in [1.807, 2.05) is 10.6 Å². The molecule has 28 heteroatoms. The first-order chi connectivity index (χ1) is 39.1. The van der Waals surface area contributed by atoms with Gasteiger partial charge >= 0.3 is 24.5 Å². The van der Waals surface area contributed by atoms with Gasteiger partial charge in [-0.2, -0.15) is 26.3 Å². The fourth-order valence-electron chi connectivity index (χ4n) is 11.2. The van der Waals surface area contributed by atoms with Gasteiger partial charge in [-0.1, -0.05) is 29.2 Å². The summed E-state index contributed by atoms with van der Waals surface area (Å²) in [5, 5.41) is 27.2. The highest BCUT2D eigenvalue weighted by Gasteiger charge is 2.60. The van der Waals surface area contributed by atoms with Gasteiger partial charge in [-0.3, -0.25) is 19.9 Å². The van der Waals surface area contributed by atoms with Gasteiger partial charge in [0, 0.05) is 74.4 Å². The summed E-state index contributed by atoms with van der Waals surface area (Å²) >= 11 is 0. The van der Waals surface area contributed by atoms with Crippen molar-refractivity contribution in [3.05, 3.63) is 88.9 Å². The molecule has 83 heavy (non-hydrogen) atoms. The standard InChI is InChI=1S/C55H64F8N12O8/c1-51(2,54(58,59)60)44(68-50(80)81-6)46(77)67-41(15-31-10-7-30(8-11-31)9-12-32-21-65-48(66-22-32)72-23-35-13-14-36(24-72)75(35)37-28-82-29-37)43(76)27-73(70-47(78)45(83-49(79)64-5)52(3,4)55(61,62)63)25-38-39(56)16-34(17-40(38)57)42-26-74(71-69-42)53-18-33(19-53)20-53/h7-8,10-11,16-17,21-22,26,33,35-37,41,43-45,76H,13-15,18-20,23-25,27-29H2,1-6H3,(H,64,79)(H,67,77)(H,68,80)(H,70,78)/t33?,35-,36-,41-,43-,44+,45+,53?/m0/s1. The molecule has 0 radical (unpaired) electrons. The Balaban J connectivity index is 0.988. The molecule has 0 spiro atoms. The predicted octanol–water partition coefficient (Wildman–Crippen LogP) is 5.52. The Morgan fingerprint density at radius 2 is 1.45 bits per heavy atom. The molecular formula is C55H64F8N12O8. The average Bonchev–Trinajstić information content (AvgIpc) is 3.18. The number of hydrogen-bond donors (Lipinski definition) is 5. The molecule has 2 aromatic heterocycles. The largest absolute Gasteiger partial charge is 0.453 e. The number of fused-ring (bicyclic) bond motifs is 2. The maximum Gasteiger partial charge on any atom is 0.407 e. The number of aromatic nitrogens is 5. The van der Waals surface area contributed by atoms with Crippen LogP contribution in [0.25, 0.3) is 11.3 Å². The normalized spacial score (nSPS) is 22.1. The van der Waals surface area contributed by atoms with Crippen molar-refractivity contribution < 1.29 is 73.6 Å². The van der Waals surface area contributed by atoms with Gasteiger partial charge in [0.1, 0.15) is 28.8 Å². The Morgan fingerprint density at radius 1 is 0.843 bits per heavy atom. The number of amides is 4. The third-order valence-electron chi connectivity index (χ3n) is 16.7. The second kappa shape index (κ2) is 23.4. The molecular weight excluding hydrogens is 1110 g/mol. The summed E-state index contributed by atoms with van der Waals surface area (Å²) in [4.78, 5) is 67.1. The summed E-state index contributed by atoms with van der Waals surface area (Å²) < 4.78 is 137. The Hall–Kier alpha value is -7.22. The molecule has 3 saturated carbocycles. The maximum atomic E-state index is 16.3. The zero-order valence-electron chi connectivity index (χ0n) is 46.2. The zero-order valence-corrected chi connectivity index (χ0v) is 46.2. The highest BCUT2D eigenvalue weighted by Crippen LogP contribution is 2.62. The van der Waals surface area contributed by atoms with Gasteiger partial charge in [0.25, 0.3) is 5.91 Å². The summed E-state index contributed by atoms with van der Waals surface area (Å²) in [6.07, 6.45) is -8.93. The molecule has 10 rings (SSSR count). The molecule has 4 aromatic rings. The summed E-state index contributed by atoms with van der Waals surface area (Å²) in [5.74, 6) is 1.47. The molecule has 3 aliphatic carbocycles. The van der Waals surface area contributed by atoms with Gasteiger partial charge in [0.15, 0.2) is 6.10 Å². The number of nitrogens with zero attached hydrogens (tertiary/aromatic N) is 8. The zero-order chi connectivity index (χ0) is 60.0. The lowest BCUT2D eigenvalue weighted by Gasteiger charge is -2.61. The highest BCUT2D eigenvalue weighted by molar-refractivity contribution is 5.87. The molecule has 2 aromatic carbocycles. The number of alkyl carbamates (subject to hydrolysis) is 2. The molecule has 6 aliphatic rings. The van der Waals surface area contributed by atoms with Crippen LogP contribution in [0.3, 0.4) is 0 Å². The average molecular weight is 1170 g/mol. The van der Waals surface area contributed by atoms with E-state index in [0.717, 1.165) is 84.7 Å². The van der Waals surface area contributed by atoms with Crippen LogP contribution in [0.1, 0.15) is 82.1 Å². The number of piperazine rings is 1. The molecule has 3 saturated heterocycles. The molecule has 4 amide bonds. The Kier molecular flexibility index (Phi) is 17.1. The van der Waals surface area contributed by atoms with Gasteiger partial charge in [0.05, 0.1) is 61.2 Å². The van der Waals surface area contributed by atoms with E-state index in [4.69, 9.17) is 9.47 Å². The second-order valence-corrected chi connectivity index (χ2v) is 23.1. The van der Waals surface area contributed by atoms with E-state index in [0.29, 0.717) is 79.4 Å². The Bertz CT molecular complexity index is 3060. The number of ether oxygens (including phenoxy) is 3. The van der Waals surface area contributed by atoms with E-state index in [-0.39, 0.29) is 16.8 Å². The number of carbonyl (C=O) groups excluding carboxylic acids is 4. The number of nitrogens with one attached hydrogen (secondary N) is 4. The lowest BCUT2D eigenvalue weighted by molar-refractivity contribution is -0.239. The van der Waals surface area contributed by atoms with Crippen LogP contribution in [-0.2, 0) is 42.3 Å². The van der Waals surface area contributed by atoms with Crippen molar-refractivity contribution in [2.75, 3.05) is 51.9 Å². The third-order valence-corrected chi connectivity index (χ3v) is 16.7. The number of aliphatic hydroxyl groups is 1. The smallest absolute Gasteiger partial charge is 0.407 e. The number of rotatable bonds is 19. The van der Waals surface area contributed by atoms with Crippen LogP contribution in [0.2, 0.25) is 0 Å². The molecule has 5 heterocycles. The quantitative estimate of drug-likeness (QED) is 0.0442. The number of methoxy groups -OCH3 is 1. The van der Waals surface area contributed by atoms with Crippen LogP contribution in [0.5, 0.6) is 0 Å². The summed E-state index contributed by atoms with van der Waals surface area (Å²) in [7, 11) is 1.85. The second-order valence-electron chi connectivity index (χ2n) is 23.1. The number of hydrogen-bond acceptors (Lipinski definition) is 15. The van der Waals surface area contributed by atoms with Crippen LogP contribution in [0.15, 0.2) is 55.0 Å². The van der Waals surface area contributed by atoms with Crippen molar-refractivity contribution in [3.8, 4) is 23.1 Å². The molecule has 448 valence electrons. The fraction of sp³-hybridized carbons (Fsp3) is 0.564. The summed E-state index contributed by atoms with van der Waals surface area (Å²) in [6.45, 7) is 3.32. The van der Waals surface area contributed by atoms with E-state index in [1.54, 1.807) is 35.4 Å². The van der Waals surface area contributed by atoms with Crippen molar-refractivity contribution in [2.24, 2.45) is 16.7 Å². The topological polar surface area (TPSA) is 231 Å². The van der Waals surface area contributed by atoms with E-state index in [9.17, 15) is 50.6 Å². The number of halogens is 8. The van der Waals surface area contributed by atoms with Crippen LogP contribution in [0.4, 0.5) is 50.7 Å². The lowest BCUT2D eigenvalue weighted by atomic mass is 9.50. The van der Waals surface area contributed by atoms with Crippen molar-refractivity contribution in [2.45, 2.75) is 133 Å². The molecule has 6 fully saturated rings. The van der Waals surface area contributed by atoms with Crippen molar-refractivity contribution in [3.63, 3.8) is 0 Å². The Morgan fingerprint density at radius 3 is 1.98 bits per heavy atom. The number of aliphatic hydroxyl groups excluding tert-OH is 1. The summed E-state index contributed by atoms with van der Waals surface area (Å²) in [5.41, 5.74) is -3.75. The molecule has 20 nitrogen and oxygen atoms in total. The van der Waals surface area contributed by atoms with Gasteiger partial charge in [-0.25, -0.2) is 38.0 Å². The SMILES string of the molecule is CNC(=O)O[C@H](C(=O)NN(Cc1c(F)cc(-c2cn(C34CC(C3)C4)nn2)cc1F)C[C@H](O)[C@H](Cc1ccc(C#Cc2cnc(N3C[C@@H]4CC[C@@H](C3)N4C3COC3)nc2)cc1)NC(=O)[C@@H](NC(=O)OC)C(C)(C)C(F)(F)F)C(C)(C)C(F)(F)F. The fourth-order valence-corrected chi connectivity index (χ4v) is 11.2. The molecule has 5 N–H and O–H groups in total. The van der Waals surface area contributed by atoms with Gasteiger partial charge in [0.2, 0.25) is 11.9 Å². The first kappa shape index (κ1) is 60.4.